The molecule has 0 amide bonds. The van der Waals surface area contributed by atoms with Crippen molar-refractivity contribution in [1.82, 2.24) is 15.1 Å². The van der Waals surface area contributed by atoms with Crippen LogP contribution in [0.4, 0.5) is 0 Å². The van der Waals surface area contributed by atoms with Crippen LogP contribution in [0, 0.1) is 0 Å². The zero-order valence-corrected chi connectivity index (χ0v) is 13.2. The van der Waals surface area contributed by atoms with Crippen molar-refractivity contribution in [1.29, 1.82) is 0 Å². The van der Waals surface area contributed by atoms with E-state index in [0.717, 1.165) is 39.2 Å². The highest BCUT2D eigenvalue weighted by Gasteiger charge is 2.23. The van der Waals surface area contributed by atoms with Crippen LogP contribution < -0.4 is 5.32 Å². The molecule has 1 aromatic carbocycles. The van der Waals surface area contributed by atoms with Gasteiger partial charge in [-0.15, -0.1) is 0 Å². The van der Waals surface area contributed by atoms with E-state index in [1.165, 1.54) is 17.7 Å². The molecular formula is C17H27N3O. The van der Waals surface area contributed by atoms with Gasteiger partial charge in [-0.1, -0.05) is 24.3 Å². The maximum Gasteiger partial charge on any atom is 0.0952 e. The summed E-state index contributed by atoms with van der Waals surface area (Å²) >= 11 is 0. The Bertz CT molecular complexity index is 465. The van der Waals surface area contributed by atoms with Gasteiger partial charge >= 0.3 is 0 Å². The van der Waals surface area contributed by atoms with Gasteiger partial charge in [0.25, 0.3) is 0 Å². The molecule has 21 heavy (non-hydrogen) atoms. The average molecular weight is 289 g/mol. The zero-order valence-electron chi connectivity index (χ0n) is 13.2. The van der Waals surface area contributed by atoms with E-state index in [1.54, 1.807) is 0 Å². The van der Waals surface area contributed by atoms with E-state index < -0.39 is 0 Å². The van der Waals surface area contributed by atoms with Crippen molar-refractivity contribution in [2.24, 2.45) is 0 Å². The second kappa shape index (κ2) is 6.88. The Morgan fingerprint density at radius 3 is 2.95 bits per heavy atom. The lowest BCUT2D eigenvalue weighted by molar-refractivity contribution is 0.0395. The molecule has 0 aliphatic carbocycles. The second-order valence-electron chi connectivity index (χ2n) is 6.36. The highest BCUT2D eigenvalue weighted by atomic mass is 16.5. The molecule has 0 radical (unpaired) electrons. The molecule has 1 saturated heterocycles. The maximum absolute atomic E-state index is 5.96. The molecular weight excluding hydrogens is 262 g/mol. The molecule has 2 atom stereocenters. The van der Waals surface area contributed by atoms with Gasteiger partial charge in [0.1, 0.15) is 0 Å². The first-order valence-corrected chi connectivity index (χ1v) is 8.03. The predicted octanol–water partition coefficient (Wildman–Crippen LogP) is 1.14. The SMILES string of the molecule is CN1CCN(C)C(CNCC2OCCc3ccccc32)C1. The zero-order chi connectivity index (χ0) is 14.7. The Hall–Kier alpha value is -0.940. The topological polar surface area (TPSA) is 27.7 Å². The Balaban J connectivity index is 1.52. The van der Waals surface area contributed by atoms with Crippen LogP contribution in [0.3, 0.4) is 0 Å². The van der Waals surface area contributed by atoms with E-state index in [1.807, 2.05) is 0 Å². The molecule has 2 unspecified atom stereocenters. The number of fused-ring (bicyclic) bond motifs is 1. The molecule has 3 rings (SSSR count). The molecule has 1 aromatic rings. The fourth-order valence-electron chi connectivity index (χ4n) is 3.35. The van der Waals surface area contributed by atoms with Gasteiger partial charge < -0.3 is 15.0 Å². The summed E-state index contributed by atoms with van der Waals surface area (Å²) in [7, 11) is 4.44. The second-order valence-corrected chi connectivity index (χ2v) is 6.36. The highest BCUT2D eigenvalue weighted by molar-refractivity contribution is 5.31. The number of nitrogens with zero attached hydrogens (tertiary/aromatic N) is 2. The molecule has 2 aliphatic rings. The third-order valence-electron chi connectivity index (χ3n) is 4.78. The Morgan fingerprint density at radius 1 is 1.19 bits per heavy atom. The molecule has 0 bridgehead atoms. The number of piperazine rings is 1. The number of hydrogen-bond donors (Lipinski definition) is 1. The normalized spacial score (nSPS) is 27.5. The van der Waals surface area contributed by atoms with Crippen LogP contribution in [0.2, 0.25) is 0 Å². The summed E-state index contributed by atoms with van der Waals surface area (Å²) in [5.41, 5.74) is 2.82. The van der Waals surface area contributed by atoms with E-state index in [-0.39, 0.29) is 6.10 Å². The van der Waals surface area contributed by atoms with Crippen LogP contribution in [0.15, 0.2) is 24.3 Å². The van der Waals surface area contributed by atoms with Gasteiger partial charge in [-0.3, -0.25) is 4.90 Å². The number of hydrogen-bond acceptors (Lipinski definition) is 4. The highest BCUT2D eigenvalue weighted by Crippen LogP contribution is 2.26. The van der Waals surface area contributed by atoms with Gasteiger partial charge in [0.05, 0.1) is 12.7 Å². The predicted molar refractivity (Wildman–Crippen MR) is 85.6 cm³/mol. The minimum Gasteiger partial charge on any atom is -0.372 e. The Morgan fingerprint density at radius 2 is 2.05 bits per heavy atom. The summed E-state index contributed by atoms with van der Waals surface area (Å²) in [5.74, 6) is 0. The minimum absolute atomic E-state index is 0.210. The summed E-state index contributed by atoms with van der Waals surface area (Å²) in [6.45, 7) is 6.26. The monoisotopic (exact) mass is 289 g/mol. The van der Waals surface area contributed by atoms with Crippen molar-refractivity contribution in [2.75, 3.05) is 53.4 Å². The fourth-order valence-corrected chi connectivity index (χ4v) is 3.35. The Kier molecular flexibility index (Phi) is 4.91. The molecule has 0 spiro atoms. The standard InChI is InChI=1S/C17H27N3O/c1-19-8-9-20(2)15(13-19)11-18-12-17-16-6-4-3-5-14(16)7-10-21-17/h3-6,15,17-18H,7-13H2,1-2H3. The van der Waals surface area contributed by atoms with Gasteiger partial charge in [0.15, 0.2) is 0 Å². The molecule has 4 nitrogen and oxygen atoms in total. The quantitative estimate of drug-likeness (QED) is 0.899. The fraction of sp³-hybridized carbons (Fsp3) is 0.647. The first-order chi connectivity index (χ1) is 10.2. The first-order valence-electron chi connectivity index (χ1n) is 8.03. The summed E-state index contributed by atoms with van der Waals surface area (Å²) in [6, 6.07) is 9.28. The van der Waals surface area contributed by atoms with Crippen molar-refractivity contribution in [3.8, 4) is 0 Å². The molecule has 0 saturated carbocycles. The van der Waals surface area contributed by atoms with Crippen LogP contribution in [0.1, 0.15) is 17.2 Å². The van der Waals surface area contributed by atoms with Gasteiger partial charge in [-0.05, 0) is 31.6 Å². The molecule has 2 heterocycles. The number of benzene rings is 1. The Labute approximate surface area is 128 Å². The average Bonchev–Trinajstić information content (AvgIpc) is 2.51. The third kappa shape index (κ3) is 3.64. The van der Waals surface area contributed by atoms with E-state index >= 15 is 0 Å². The number of rotatable bonds is 4. The number of ether oxygens (including phenoxy) is 1. The van der Waals surface area contributed by atoms with Crippen molar-refractivity contribution in [3.63, 3.8) is 0 Å². The summed E-state index contributed by atoms with van der Waals surface area (Å²) in [5, 5.41) is 3.62. The van der Waals surface area contributed by atoms with Gasteiger partial charge in [0, 0.05) is 38.8 Å². The number of nitrogens with one attached hydrogen (secondary N) is 1. The summed E-state index contributed by atoms with van der Waals surface area (Å²) < 4.78 is 5.96. The van der Waals surface area contributed by atoms with E-state index in [0.29, 0.717) is 6.04 Å². The molecule has 2 aliphatic heterocycles. The largest absolute Gasteiger partial charge is 0.372 e. The molecule has 116 valence electrons. The lowest BCUT2D eigenvalue weighted by Crippen LogP contribution is -2.54. The lowest BCUT2D eigenvalue weighted by atomic mass is 9.97. The van der Waals surface area contributed by atoms with Crippen LogP contribution in [-0.4, -0.2) is 69.3 Å². The van der Waals surface area contributed by atoms with E-state index in [9.17, 15) is 0 Å². The van der Waals surface area contributed by atoms with Crippen LogP contribution >= 0.6 is 0 Å². The maximum atomic E-state index is 5.96. The van der Waals surface area contributed by atoms with Crippen LogP contribution in [0.25, 0.3) is 0 Å². The first kappa shape index (κ1) is 15.0. The minimum atomic E-state index is 0.210. The van der Waals surface area contributed by atoms with E-state index in [2.05, 4.69) is 53.5 Å². The van der Waals surface area contributed by atoms with Gasteiger partial charge in [-0.25, -0.2) is 0 Å². The van der Waals surface area contributed by atoms with Gasteiger partial charge in [-0.2, -0.15) is 0 Å². The smallest absolute Gasteiger partial charge is 0.0952 e. The van der Waals surface area contributed by atoms with Crippen LogP contribution in [0.5, 0.6) is 0 Å². The van der Waals surface area contributed by atoms with E-state index in [4.69, 9.17) is 4.74 Å². The van der Waals surface area contributed by atoms with Crippen molar-refractivity contribution >= 4 is 0 Å². The van der Waals surface area contributed by atoms with Crippen molar-refractivity contribution in [3.05, 3.63) is 35.4 Å². The van der Waals surface area contributed by atoms with Gasteiger partial charge in [0.2, 0.25) is 0 Å². The molecule has 1 fully saturated rings. The lowest BCUT2D eigenvalue weighted by Gasteiger charge is -2.38. The molecule has 1 N–H and O–H groups in total. The summed E-state index contributed by atoms with van der Waals surface area (Å²) in [6.07, 6.45) is 1.25. The summed E-state index contributed by atoms with van der Waals surface area (Å²) in [4.78, 5) is 4.88. The van der Waals surface area contributed by atoms with Crippen LogP contribution in [-0.2, 0) is 11.2 Å². The van der Waals surface area contributed by atoms with Crippen molar-refractivity contribution in [2.45, 2.75) is 18.6 Å². The van der Waals surface area contributed by atoms with Crippen molar-refractivity contribution < 1.29 is 4.74 Å². The molecule has 4 heteroatoms. The molecule has 0 aromatic heterocycles. The number of likely N-dealkylation sites (N-methyl/N-ethyl adjacent to an activating group) is 2. The third-order valence-corrected chi connectivity index (χ3v) is 4.78.